The second kappa shape index (κ2) is 8.30. The number of para-hydroxylation sites is 1. The van der Waals surface area contributed by atoms with Gasteiger partial charge in [-0.25, -0.2) is 0 Å². The van der Waals surface area contributed by atoms with Crippen molar-refractivity contribution in [2.45, 2.75) is 26.3 Å². The van der Waals surface area contributed by atoms with Crippen LogP contribution in [-0.2, 0) is 11.2 Å². The molecule has 0 radical (unpaired) electrons. The number of aromatic nitrogens is 1. The molecule has 1 atom stereocenters. The van der Waals surface area contributed by atoms with Gasteiger partial charge in [-0.2, -0.15) is 4.57 Å². The summed E-state index contributed by atoms with van der Waals surface area (Å²) in [5.74, 6) is 1.45. The third kappa shape index (κ3) is 4.48. The van der Waals surface area contributed by atoms with Gasteiger partial charge >= 0.3 is 0 Å². The van der Waals surface area contributed by atoms with E-state index in [0.717, 1.165) is 23.6 Å². The fourth-order valence-electron chi connectivity index (χ4n) is 2.58. The molecule has 2 aromatic carbocycles. The lowest BCUT2D eigenvalue weighted by Gasteiger charge is -2.10. The summed E-state index contributed by atoms with van der Waals surface area (Å²) in [6, 6.07) is 20.8. The van der Waals surface area contributed by atoms with Gasteiger partial charge in [-0.05, 0) is 48.4 Å². The van der Waals surface area contributed by atoms with Gasteiger partial charge in [-0.1, -0.05) is 25.1 Å². The summed E-state index contributed by atoms with van der Waals surface area (Å²) in [5, 5.41) is 2.94. The van der Waals surface area contributed by atoms with Gasteiger partial charge in [0.1, 0.15) is 11.5 Å². The van der Waals surface area contributed by atoms with Crippen LogP contribution in [0.15, 0.2) is 79.1 Å². The molecule has 0 aliphatic rings. The van der Waals surface area contributed by atoms with Crippen LogP contribution in [0.2, 0.25) is 0 Å². The number of nitrogens with zero attached hydrogens (tertiary/aromatic N) is 1. The number of rotatable bonds is 6. The summed E-state index contributed by atoms with van der Waals surface area (Å²) in [5.41, 5.74) is 2.00. The van der Waals surface area contributed by atoms with Crippen LogP contribution in [0, 0.1) is 0 Å². The minimum absolute atomic E-state index is 0.0593. The highest BCUT2D eigenvalue weighted by molar-refractivity contribution is 5.92. The van der Waals surface area contributed by atoms with E-state index >= 15 is 0 Å². The van der Waals surface area contributed by atoms with Crippen molar-refractivity contribution in [3.05, 3.63) is 84.7 Å². The number of hydrogen-bond donors (Lipinski definition) is 1. The van der Waals surface area contributed by atoms with Crippen LogP contribution >= 0.6 is 0 Å². The van der Waals surface area contributed by atoms with Gasteiger partial charge in [0.2, 0.25) is 6.04 Å². The predicted molar refractivity (Wildman–Crippen MR) is 102 cm³/mol. The van der Waals surface area contributed by atoms with Crippen LogP contribution in [-0.4, -0.2) is 5.91 Å². The zero-order valence-electron chi connectivity index (χ0n) is 15.1. The molecule has 1 amide bonds. The third-order valence-corrected chi connectivity index (χ3v) is 4.26. The van der Waals surface area contributed by atoms with Crippen molar-refractivity contribution >= 4 is 11.6 Å². The minimum Gasteiger partial charge on any atom is -0.457 e. The maximum Gasteiger partial charge on any atom is 0.293 e. The summed E-state index contributed by atoms with van der Waals surface area (Å²) in [7, 11) is 0. The summed E-state index contributed by atoms with van der Waals surface area (Å²) < 4.78 is 7.66. The van der Waals surface area contributed by atoms with Gasteiger partial charge in [0, 0.05) is 24.7 Å². The molecule has 0 saturated heterocycles. The fraction of sp³-hybridized carbons (Fsp3) is 0.182. The van der Waals surface area contributed by atoms with Gasteiger partial charge in [-0.3, -0.25) is 4.79 Å². The van der Waals surface area contributed by atoms with E-state index in [4.69, 9.17) is 4.74 Å². The maximum absolute atomic E-state index is 12.5. The molecule has 0 spiro atoms. The Bertz CT molecular complexity index is 844. The normalized spacial score (nSPS) is 11.6. The number of hydrogen-bond acceptors (Lipinski definition) is 2. The number of pyridine rings is 1. The first-order chi connectivity index (χ1) is 12.7. The Morgan fingerprint density at radius 1 is 0.962 bits per heavy atom. The van der Waals surface area contributed by atoms with Gasteiger partial charge in [0.15, 0.2) is 12.4 Å². The van der Waals surface area contributed by atoms with Crippen LogP contribution in [0.3, 0.4) is 0 Å². The van der Waals surface area contributed by atoms with Crippen LogP contribution in [0.25, 0.3) is 0 Å². The van der Waals surface area contributed by atoms with Gasteiger partial charge in [0.05, 0.1) is 0 Å². The maximum atomic E-state index is 12.5. The zero-order chi connectivity index (χ0) is 18.4. The lowest BCUT2D eigenvalue weighted by molar-refractivity contribution is -0.705. The fourth-order valence-corrected chi connectivity index (χ4v) is 2.58. The molecular weight excluding hydrogens is 324 g/mol. The lowest BCUT2D eigenvalue weighted by Crippen LogP contribution is -2.44. The summed E-state index contributed by atoms with van der Waals surface area (Å²) in [6.07, 6.45) is 4.87. The van der Waals surface area contributed by atoms with Crippen molar-refractivity contribution in [1.29, 1.82) is 0 Å². The van der Waals surface area contributed by atoms with Crippen LogP contribution in [0.4, 0.5) is 5.69 Å². The molecule has 0 aliphatic heterocycles. The molecular formula is C22H23N2O2+. The smallest absolute Gasteiger partial charge is 0.293 e. The average molecular weight is 347 g/mol. The number of nitrogens with one attached hydrogen (secondary N) is 1. The standard InChI is InChI=1S/C22H22N2O2/c1-3-18-13-15-24(16-14-18)17(2)22(25)23-19-9-11-21(12-10-19)26-20-7-5-4-6-8-20/h4-17H,3H2,1-2H3/p+1/t17-/m1/s1. The minimum atomic E-state index is -0.291. The number of carbonyl (C=O) groups excluding carboxylic acids is 1. The summed E-state index contributed by atoms with van der Waals surface area (Å²) in [4.78, 5) is 12.5. The first kappa shape index (κ1) is 17.7. The third-order valence-electron chi connectivity index (χ3n) is 4.26. The van der Waals surface area contributed by atoms with Crippen LogP contribution in [0.1, 0.15) is 25.5 Å². The highest BCUT2D eigenvalue weighted by atomic mass is 16.5. The van der Waals surface area contributed by atoms with E-state index in [1.165, 1.54) is 5.56 Å². The zero-order valence-corrected chi connectivity index (χ0v) is 15.1. The molecule has 4 nitrogen and oxygen atoms in total. The average Bonchev–Trinajstić information content (AvgIpc) is 2.70. The Labute approximate surface area is 154 Å². The first-order valence-corrected chi connectivity index (χ1v) is 8.79. The molecule has 0 aliphatic carbocycles. The summed E-state index contributed by atoms with van der Waals surface area (Å²) >= 11 is 0. The van der Waals surface area contributed by atoms with Crippen molar-refractivity contribution in [2.75, 3.05) is 5.32 Å². The monoisotopic (exact) mass is 347 g/mol. The van der Waals surface area contributed by atoms with E-state index in [2.05, 4.69) is 12.2 Å². The molecule has 4 heteroatoms. The largest absolute Gasteiger partial charge is 0.457 e. The van der Waals surface area contributed by atoms with Crippen LogP contribution < -0.4 is 14.6 Å². The number of amides is 1. The van der Waals surface area contributed by atoms with Crippen LogP contribution in [0.5, 0.6) is 11.5 Å². The number of anilines is 1. The molecule has 1 N–H and O–H groups in total. The molecule has 132 valence electrons. The molecule has 1 aromatic heterocycles. The molecule has 3 rings (SSSR count). The van der Waals surface area contributed by atoms with Gasteiger partial charge in [0.25, 0.3) is 5.91 Å². The molecule has 0 saturated carbocycles. The Morgan fingerprint density at radius 2 is 1.58 bits per heavy atom. The molecule has 3 aromatic rings. The number of aryl methyl sites for hydroxylation is 1. The molecule has 0 fully saturated rings. The number of ether oxygens (including phenoxy) is 1. The molecule has 0 unspecified atom stereocenters. The van der Waals surface area contributed by atoms with E-state index in [1.807, 2.05) is 90.6 Å². The molecule has 26 heavy (non-hydrogen) atoms. The van der Waals surface area contributed by atoms with E-state index in [9.17, 15) is 4.79 Å². The van der Waals surface area contributed by atoms with E-state index < -0.39 is 0 Å². The summed E-state index contributed by atoms with van der Waals surface area (Å²) in [6.45, 7) is 3.99. The quantitative estimate of drug-likeness (QED) is 0.666. The Balaban J connectivity index is 1.61. The molecule has 0 bridgehead atoms. The predicted octanol–water partition coefficient (Wildman–Crippen LogP) is 4.53. The van der Waals surface area contributed by atoms with Crippen molar-refractivity contribution in [3.8, 4) is 11.5 Å². The van der Waals surface area contributed by atoms with E-state index in [1.54, 1.807) is 0 Å². The van der Waals surface area contributed by atoms with Crippen molar-refractivity contribution in [2.24, 2.45) is 0 Å². The lowest BCUT2D eigenvalue weighted by atomic mass is 10.2. The van der Waals surface area contributed by atoms with Crippen molar-refractivity contribution < 1.29 is 14.1 Å². The second-order valence-electron chi connectivity index (χ2n) is 6.11. The van der Waals surface area contributed by atoms with E-state index in [0.29, 0.717) is 0 Å². The second-order valence-corrected chi connectivity index (χ2v) is 6.11. The number of carbonyl (C=O) groups is 1. The SMILES string of the molecule is CCc1cc[n+]([C@H](C)C(=O)Nc2ccc(Oc3ccccc3)cc2)cc1. The Hall–Kier alpha value is -3.14. The highest BCUT2D eigenvalue weighted by Crippen LogP contribution is 2.22. The van der Waals surface area contributed by atoms with Gasteiger partial charge in [-0.15, -0.1) is 0 Å². The van der Waals surface area contributed by atoms with Crippen molar-refractivity contribution in [1.82, 2.24) is 0 Å². The Morgan fingerprint density at radius 3 is 2.19 bits per heavy atom. The highest BCUT2D eigenvalue weighted by Gasteiger charge is 2.21. The molecule has 1 heterocycles. The number of benzene rings is 2. The Kier molecular flexibility index (Phi) is 5.64. The topological polar surface area (TPSA) is 42.2 Å². The van der Waals surface area contributed by atoms with Gasteiger partial charge < -0.3 is 10.1 Å². The van der Waals surface area contributed by atoms with Crippen molar-refractivity contribution in [3.63, 3.8) is 0 Å². The first-order valence-electron chi connectivity index (χ1n) is 8.79. The van der Waals surface area contributed by atoms with E-state index in [-0.39, 0.29) is 11.9 Å².